The molecule has 7 heteroatoms. The second kappa shape index (κ2) is 9.32. The minimum atomic E-state index is -0.250. The zero-order chi connectivity index (χ0) is 20.1. The maximum absolute atomic E-state index is 9.15. The average Bonchev–Trinajstić information content (AvgIpc) is 3.31. The van der Waals surface area contributed by atoms with Gasteiger partial charge in [-0.15, -0.1) is 0 Å². The maximum Gasteiger partial charge on any atom is 0.290 e. The third-order valence-corrected chi connectivity index (χ3v) is 5.75. The second-order valence-electron chi connectivity index (χ2n) is 7.53. The van der Waals surface area contributed by atoms with E-state index in [0.717, 1.165) is 38.4 Å². The van der Waals surface area contributed by atoms with E-state index in [4.69, 9.17) is 19.7 Å². The summed E-state index contributed by atoms with van der Waals surface area (Å²) >= 11 is 0. The Kier molecular flexibility index (Phi) is 6.83. The molecule has 0 amide bonds. The number of benzene rings is 1. The van der Waals surface area contributed by atoms with Crippen LogP contribution < -0.4 is 0 Å². The number of carbonyl (C=O) groups is 1. The molecule has 2 aliphatic heterocycles. The van der Waals surface area contributed by atoms with Crippen LogP contribution in [0.4, 0.5) is 0 Å². The van der Waals surface area contributed by atoms with E-state index in [1.165, 1.54) is 16.7 Å². The van der Waals surface area contributed by atoms with E-state index in [0.29, 0.717) is 12.1 Å². The van der Waals surface area contributed by atoms with Gasteiger partial charge in [0.1, 0.15) is 5.82 Å². The van der Waals surface area contributed by atoms with E-state index in [1.54, 1.807) is 0 Å². The molecule has 7 nitrogen and oxygen atoms in total. The summed E-state index contributed by atoms with van der Waals surface area (Å²) in [5, 5.41) is 16.0. The van der Waals surface area contributed by atoms with Crippen molar-refractivity contribution in [3.8, 4) is 11.4 Å². The Bertz CT molecular complexity index is 792. The van der Waals surface area contributed by atoms with Gasteiger partial charge in [0, 0.05) is 49.7 Å². The fraction of sp³-hybridized carbons (Fsp3) is 0.524. The monoisotopic (exact) mass is 387 g/mol. The first kappa shape index (κ1) is 20.5. The predicted octanol–water partition coefficient (Wildman–Crippen LogP) is 2.26. The third-order valence-electron chi connectivity index (χ3n) is 5.75. The summed E-state index contributed by atoms with van der Waals surface area (Å²) in [5.41, 5.74) is 3.80. The zero-order valence-electron chi connectivity index (χ0n) is 16.5. The van der Waals surface area contributed by atoms with Crippen LogP contribution in [0.15, 0.2) is 30.6 Å². The molecular formula is C21H29N3O4. The molecule has 2 aliphatic rings. The fourth-order valence-corrected chi connectivity index (χ4v) is 4.15. The van der Waals surface area contributed by atoms with Gasteiger partial charge in [0.15, 0.2) is 0 Å². The van der Waals surface area contributed by atoms with Gasteiger partial charge in [-0.25, -0.2) is 4.98 Å². The number of fused-ring (bicyclic) bond motifs is 1. The first-order chi connectivity index (χ1) is 13.6. The molecule has 3 heterocycles. The summed E-state index contributed by atoms with van der Waals surface area (Å²) in [6.45, 7) is 6.98. The molecule has 0 unspecified atom stereocenters. The molecule has 0 saturated carbocycles. The Morgan fingerprint density at radius 2 is 2.04 bits per heavy atom. The predicted molar refractivity (Wildman–Crippen MR) is 106 cm³/mol. The van der Waals surface area contributed by atoms with Crippen molar-refractivity contribution in [2.24, 2.45) is 0 Å². The second-order valence-corrected chi connectivity index (χ2v) is 7.53. The molecule has 0 bridgehead atoms. The molecule has 152 valence electrons. The highest BCUT2D eigenvalue weighted by Gasteiger charge is 2.38. The van der Waals surface area contributed by atoms with Gasteiger partial charge >= 0.3 is 0 Å². The lowest BCUT2D eigenvalue weighted by molar-refractivity contribution is -0.122. The number of morpholine rings is 1. The minimum Gasteiger partial charge on any atom is -0.483 e. The van der Waals surface area contributed by atoms with Crippen LogP contribution in [0.1, 0.15) is 30.0 Å². The molecule has 0 spiro atoms. The van der Waals surface area contributed by atoms with Crippen LogP contribution in [-0.2, 0) is 9.53 Å². The van der Waals surface area contributed by atoms with E-state index in [1.807, 2.05) is 6.20 Å². The molecule has 28 heavy (non-hydrogen) atoms. The highest BCUT2D eigenvalue weighted by molar-refractivity contribution is 5.58. The molecule has 2 fully saturated rings. The van der Waals surface area contributed by atoms with Gasteiger partial charge in [-0.1, -0.05) is 12.1 Å². The largest absolute Gasteiger partial charge is 0.483 e. The van der Waals surface area contributed by atoms with Crippen LogP contribution in [0.25, 0.3) is 11.4 Å². The van der Waals surface area contributed by atoms with E-state index in [-0.39, 0.29) is 19.2 Å². The van der Waals surface area contributed by atoms with Crippen molar-refractivity contribution in [3.05, 3.63) is 41.7 Å². The minimum absolute atomic E-state index is 0.169. The van der Waals surface area contributed by atoms with Crippen molar-refractivity contribution >= 4 is 6.47 Å². The third kappa shape index (κ3) is 4.43. The Morgan fingerprint density at radius 3 is 2.75 bits per heavy atom. The normalized spacial score (nSPS) is 24.3. The fourth-order valence-electron chi connectivity index (χ4n) is 4.15. The summed E-state index contributed by atoms with van der Waals surface area (Å²) in [7, 11) is 0. The van der Waals surface area contributed by atoms with Gasteiger partial charge in [0.05, 0.1) is 12.7 Å². The van der Waals surface area contributed by atoms with Gasteiger partial charge in [0.2, 0.25) is 0 Å². The smallest absolute Gasteiger partial charge is 0.290 e. The number of hydrogen-bond donors (Lipinski definition) is 2. The number of rotatable bonds is 4. The average molecular weight is 387 g/mol. The molecule has 4 rings (SSSR count). The highest BCUT2D eigenvalue weighted by Crippen LogP contribution is 2.34. The molecule has 0 radical (unpaired) electrons. The van der Waals surface area contributed by atoms with Crippen LogP contribution in [0.2, 0.25) is 0 Å². The number of nitrogens with zero attached hydrogens (tertiary/aromatic N) is 3. The van der Waals surface area contributed by atoms with Gasteiger partial charge in [-0.05, 0) is 43.9 Å². The van der Waals surface area contributed by atoms with E-state index in [2.05, 4.69) is 52.7 Å². The Hall–Kier alpha value is -2.22. The highest BCUT2D eigenvalue weighted by atomic mass is 16.5. The first-order valence-electron chi connectivity index (χ1n) is 9.72. The summed E-state index contributed by atoms with van der Waals surface area (Å²) in [5.74, 6) is 1.06. The van der Waals surface area contributed by atoms with Crippen molar-refractivity contribution in [1.82, 2.24) is 14.5 Å². The van der Waals surface area contributed by atoms with Gasteiger partial charge in [-0.3, -0.25) is 9.69 Å². The van der Waals surface area contributed by atoms with Crippen molar-refractivity contribution in [2.75, 3.05) is 26.3 Å². The number of aliphatic hydroxyl groups excluding tert-OH is 1. The van der Waals surface area contributed by atoms with Crippen molar-refractivity contribution in [2.45, 2.75) is 44.9 Å². The lowest BCUT2D eigenvalue weighted by atomic mass is 10.1. The number of aliphatic hydroxyl groups is 1. The summed E-state index contributed by atoms with van der Waals surface area (Å²) in [6.07, 6.45) is 6.02. The lowest BCUT2D eigenvalue weighted by Crippen LogP contribution is -2.46. The number of ether oxygens (including phenoxy) is 1. The maximum atomic E-state index is 9.15. The van der Waals surface area contributed by atoms with Crippen LogP contribution >= 0.6 is 0 Å². The lowest BCUT2D eigenvalue weighted by Gasteiger charge is -2.34. The van der Waals surface area contributed by atoms with Gasteiger partial charge < -0.3 is 19.5 Å². The summed E-state index contributed by atoms with van der Waals surface area (Å²) < 4.78 is 8.25. The zero-order valence-corrected chi connectivity index (χ0v) is 16.5. The number of carboxylic acid groups (broad SMARTS) is 1. The summed E-state index contributed by atoms with van der Waals surface area (Å²) in [6, 6.07) is 7.49. The SMILES string of the molecule is Cc1ccc(-c2nccn2[C@@H]2C[C@H]3CO[C@@H](CCO)CN3C2)cc1C.O=CO. The number of hydrogen-bond acceptors (Lipinski definition) is 5. The van der Waals surface area contributed by atoms with E-state index in [9.17, 15) is 0 Å². The van der Waals surface area contributed by atoms with Crippen molar-refractivity contribution in [1.29, 1.82) is 0 Å². The quantitative estimate of drug-likeness (QED) is 0.783. The molecule has 2 N–H and O–H groups in total. The van der Waals surface area contributed by atoms with Crippen molar-refractivity contribution in [3.63, 3.8) is 0 Å². The topological polar surface area (TPSA) is 87.8 Å². The van der Waals surface area contributed by atoms with Gasteiger partial charge in [-0.2, -0.15) is 0 Å². The van der Waals surface area contributed by atoms with Gasteiger partial charge in [0.25, 0.3) is 6.47 Å². The molecule has 1 aromatic carbocycles. The van der Waals surface area contributed by atoms with Crippen LogP contribution in [0.3, 0.4) is 0 Å². The van der Waals surface area contributed by atoms with E-state index < -0.39 is 0 Å². The van der Waals surface area contributed by atoms with Crippen LogP contribution in [0.5, 0.6) is 0 Å². The summed E-state index contributed by atoms with van der Waals surface area (Å²) in [4.78, 5) is 15.5. The molecule has 3 atom stereocenters. The number of imidazole rings is 1. The number of aryl methyl sites for hydroxylation is 2. The Morgan fingerprint density at radius 1 is 1.25 bits per heavy atom. The molecule has 2 aromatic rings. The number of aromatic nitrogens is 2. The Balaban J connectivity index is 0.000000706. The van der Waals surface area contributed by atoms with Crippen LogP contribution in [-0.4, -0.2) is 69.6 Å². The molecule has 2 saturated heterocycles. The Labute approximate surface area is 165 Å². The standard InChI is InChI=1S/C20H27N3O2.CH2O2/c1-14-3-4-16(9-15(14)2)20-21-6-7-23(20)17-10-18-13-25-19(5-8-24)12-22(18)11-17;2-1-3/h3-4,6-7,9,17-19,24H,5,8,10-13H2,1-2H3;1H,(H,2,3)/t17-,18+,19+;/m1./s1. The van der Waals surface area contributed by atoms with Crippen LogP contribution in [0, 0.1) is 13.8 Å². The van der Waals surface area contributed by atoms with E-state index >= 15 is 0 Å². The first-order valence-corrected chi connectivity index (χ1v) is 9.72. The molecular weight excluding hydrogens is 358 g/mol. The van der Waals surface area contributed by atoms with Crippen molar-refractivity contribution < 1.29 is 19.7 Å². The molecule has 0 aliphatic carbocycles. The molecule has 1 aromatic heterocycles.